The Morgan fingerprint density at radius 2 is 1.80 bits per heavy atom. The topological polar surface area (TPSA) is 58.6 Å². The first kappa shape index (κ1) is 24.0. The van der Waals surface area contributed by atoms with Gasteiger partial charge in [-0.15, -0.1) is 0 Å². The number of nitrogens with one attached hydrogen (secondary N) is 1. The summed E-state index contributed by atoms with van der Waals surface area (Å²) in [6.07, 6.45) is 1.42. The third kappa shape index (κ3) is 6.64. The maximum Gasteiger partial charge on any atom is 0.242 e. The minimum Gasteiger partial charge on any atom is -0.497 e. The molecule has 0 radical (unpaired) electrons. The highest BCUT2D eigenvalue weighted by molar-refractivity contribution is 6.35. The molecule has 2 amide bonds. The maximum atomic E-state index is 13.3. The Morgan fingerprint density at radius 1 is 1.10 bits per heavy atom. The first-order valence-corrected chi connectivity index (χ1v) is 10.8. The Hall–Kier alpha value is -2.24. The lowest BCUT2D eigenvalue weighted by Crippen LogP contribution is -2.49. The highest BCUT2D eigenvalue weighted by Crippen LogP contribution is 2.23. The lowest BCUT2D eigenvalue weighted by molar-refractivity contribution is -0.140. The predicted molar refractivity (Wildman–Crippen MR) is 121 cm³/mol. The molecule has 2 aromatic rings. The zero-order valence-electron chi connectivity index (χ0n) is 17.6. The van der Waals surface area contributed by atoms with Gasteiger partial charge in [0.2, 0.25) is 11.8 Å². The molecule has 0 saturated carbocycles. The van der Waals surface area contributed by atoms with Crippen LogP contribution in [0.2, 0.25) is 10.0 Å². The molecule has 2 rings (SSSR count). The number of rotatable bonds is 10. The zero-order valence-corrected chi connectivity index (χ0v) is 19.1. The van der Waals surface area contributed by atoms with E-state index in [1.54, 1.807) is 30.2 Å². The molecular weight excluding hydrogens is 423 g/mol. The molecule has 5 nitrogen and oxygen atoms in total. The number of benzene rings is 2. The van der Waals surface area contributed by atoms with Crippen molar-refractivity contribution in [1.82, 2.24) is 10.2 Å². The highest BCUT2D eigenvalue weighted by Gasteiger charge is 2.28. The summed E-state index contributed by atoms with van der Waals surface area (Å²) in [5.41, 5.74) is 1.59. The molecule has 0 fully saturated rings. The first-order valence-electron chi connectivity index (χ1n) is 10.0. The van der Waals surface area contributed by atoms with E-state index >= 15 is 0 Å². The summed E-state index contributed by atoms with van der Waals surface area (Å²) in [4.78, 5) is 27.7. The van der Waals surface area contributed by atoms with E-state index in [1.165, 1.54) is 0 Å². The molecule has 0 aliphatic carbocycles. The van der Waals surface area contributed by atoms with E-state index in [0.717, 1.165) is 17.7 Å². The molecule has 30 heavy (non-hydrogen) atoms. The van der Waals surface area contributed by atoms with Crippen LogP contribution in [0.3, 0.4) is 0 Å². The number of ether oxygens (including phenoxy) is 1. The van der Waals surface area contributed by atoms with Crippen LogP contribution in [0, 0.1) is 0 Å². The number of methoxy groups -OCH3 is 1. The summed E-state index contributed by atoms with van der Waals surface area (Å²) in [6, 6.07) is 12.0. The van der Waals surface area contributed by atoms with E-state index in [-0.39, 0.29) is 18.2 Å². The maximum absolute atomic E-state index is 13.3. The fraction of sp³-hybridized carbons (Fsp3) is 0.391. The van der Waals surface area contributed by atoms with Gasteiger partial charge in [0, 0.05) is 23.1 Å². The monoisotopic (exact) mass is 450 g/mol. The summed E-state index contributed by atoms with van der Waals surface area (Å²) in [5, 5.41) is 3.85. The number of hydrogen-bond donors (Lipinski definition) is 1. The van der Waals surface area contributed by atoms with Crippen LogP contribution >= 0.6 is 23.2 Å². The summed E-state index contributed by atoms with van der Waals surface area (Å²) in [7, 11) is 1.60. The van der Waals surface area contributed by atoms with Gasteiger partial charge < -0.3 is 15.0 Å². The quantitative estimate of drug-likeness (QED) is 0.560. The molecule has 0 spiro atoms. The average molecular weight is 451 g/mol. The van der Waals surface area contributed by atoms with Crippen molar-refractivity contribution in [2.75, 3.05) is 13.7 Å². The molecule has 1 N–H and O–H groups in total. The van der Waals surface area contributed by atoms with E-state index in [0.29, 0.717) is 35.1 Å². The van der Waals surface area contributed by atoms with Crippen LogP contribution in [0.1, 0.15) is 37.8 Å². The zero-order chi connectivity index (χ0) is 22.1. The van der Waals surface area contributed by atoms with Crippen LogP contribution < -0.4 is 10.1 Å². The van der Waals surface area contributed by atoms with Crippen molar-refractivity contribution < 1.29 is 14.3 Å². The van der Waals surface area contributed by atoms with Crippen molar-refractivity contribution in [2.24, 2.45) is 0 Å². The second-order valence-corrected chi connectivity index (χ2v) is 7.84. The SMILES string of the molecule is CCCNC(=O)C(CC)N(Cc1ccc(OC)cc1)C(=O)Cc1ccc(Cl)cc1Cl. The van der Waals surface area contributed by atoms with E-state index in [2.05, 4.69) is 5.32 Å². The van der Waals surface area contributed by atoms with Gasteiger partial charge in [-0.05, 0) is 48.2 Å². The molecule has 0 bridgehead atoms. The number of hydrogen-bond acceptors (Lipinski definition) is 3. The second kappa shape index (κ2) is 11.8. The van der Waals surface area contributed by atoms with Crippen LogP contribution in [0.25, 0.3) is 0 Å². The van der Waals surface area contributed by atoms with Crippen molar-refractivity contribution in [3.63, 3.8) is 0 Å². The van der Waals surface area contributed by atoms with Crippen molar-refractivity contribution in [3.8, 4) is 5.75 Å². The summed E-state index contributed by atoms with van der Waals surface area (Å²) < 4.78 is 5.20. The van der Waals surface area contributed by atoms with Gasteiger partial charge in [-0.1, -0.05) is 55.2 Å². The molecule has 162 valence electrons. The standard InChI is InChI=1S/C23H28Cl2N2O3/c1-4-12-26-23(29)21(5-2)27(15-16-6-10-19(30-3)11-7-16)22(28)13-17-8-9-18(24)14-20(17)25/h6-11,14,21H,4-5,12-13,15H2,1-3H3,(H,26,29). The average Bonchev–Trinajstić information content (AvgIpc) is 2.74. The lowest BCUT2D eigenvalue weighted by atomic mass is 10.1. The Labute approximate surface area is 188 Å². The van der Waals surface area contributed by atoms with Crippen LogP contribution in [0.15, 0.2) is 42.5 Å². The van der Waals surface area contributed by atoms with Gasteiger partial charge in [-0.25, -0.2) is 0 Å². The van der Waals surface area contributed by atoms with E-state index in [9.17, 15) is 9.59 Å². The van der Waals surface area contributed by atoms with Crippen molar-refractivity contribution in [3.05, 3.63) is 63.6 Å². The Bertz CT molecular complexity index is 856. The number of carbonyl (C=O) groups is 2. The summed E-state index contributed by atoms with van der Waals surface area (Å²) in [6.45, 7) is 4.78. The van der Waals surface area contributed by atoms with Gasteiger partial charge in [0.15, 0.2) is 0 Å². The molecule has 1 atom stereocenters. The minimum atomic E-state index is -0.572. The Balaban J connectivity index is 2.29. The normalized spacial score (nSPS) is 11.6. The van der Waals surface area contributed by atoms with Crippen LogP contribution in [-0.2, 0) is 22.6 Å². The van der Waals surface area contributed by atoms with Gasteiger partial charge >= 0.3 is 0 Å². The van der Waals surface area contributed by atoms with Crippen LogP contribution in [0.4, 0.5) is 0 Å². The van der Waals surface area contributed by atoms with E-state index in [4.69, 9.17) is 27.9 Å². The summed E-state index contributed by atoms with van der Waals surface area (Å²) >= 11 is 12.2. The fourth-order valence-corrected chi connectivity index (χ4v) is 3.62. The number of nitrogens with zero attached hydrogens (tertiary/aromatic N) is 1. The number of amides is 2. The van der Waals surface area contributed by atoms with E-state index in [1.807, 2.05) is 38.1 Å². The first-order chi connectivity index (χ1) is 14.4. The van der Waals surface area contributed by atoms with Gasteiger partial charge in [-0.3, -0.25) is 9.59 Å². The van der Waals surface area contributed by atoms with Crippen LogP contribution in [-0.4, -0.2) is 36.4 Å². The second-order valence-electron chi connectivity index (χ2n) is 7.00. The van der Waals surface area contributed by atoms with Crippen molar-refractivity contribution >= 4 is 35.0 Å². The fourth-order valence-electron chi connectivity index (χ4n) is 3.14. The molecule has 0 aromatic heterocycles. The minimum absolute atomic E-state index is 0.0870. The van der Waals surface area contributed by atoms with E-state index < -0.39 is 6.04 Å². The van der Waals surface area contributed by atoms with Gasteiger partial charge in [0.05, 0.1) is 13.5 Å². The van der Waals surface area contributed by atoms with Crippen molar-refractivity contribution in [1.29, 1.82) is 0 Å². The molecule has 0 aliphatic rings. The summed E-state index contributed by atoms with van der Waals surface area (Å²) in [5.74, 6) is 0.411. The third-order valence-corrected chi connectivity index (χ3v) is 5.39. The number of carbonyl (C=O) groups excluding carboxylic acids is 2. The highest BCUT2D eigenvalue weighted by atomic mass is 35.5. The molecule has 0 heterocycles. The molecular formula is C23H28Cl2N2O3. The van der Waals surface area contributed by atoms with Gasteiger partial charge in [0.1, 0.15) is 11.8 Å². The Morgan fingerprint density at radius 3 is 2.37 bits per heavy atom. The van der Waals surface area contributed by atoms with Crippen LogP contribution in [0.5, 0.6) is 5.75 Å². The molecule has 2 aromatic carbocycles. The number of halogens is 2. The van der Waals surface area contributed by atoms with Crippen molar-refractivity contribution in [2.45, 2.75) is 45.7 Å². The largest absolute Gasteiger partial charge is 0.497 e. The smallest absolute Gasteiger partial charge is 0.242 e. The van der Waals surface area contributed by atoms with Gasteiger partial charge in [0.25, 0.3) is 0 Å². The van der Waals surface area contributed by atoms with Gasteiger partial charge in [-0.2, -0.15) is 0 Å². The third-order valence-electron chi connectivity index (χ3n) is 4.80. The molecule has 0 saturated heterocycles. The predicted octanol–water partition coefficient (Wildman–Crippen LogP) is 4.88. The molecule has 0 aliphatic heterocycles. The Kier molecular flexibility index (Phi) is 9.47. The molecule has 1 unspecified atom stereocenters. The lowest BCUT2D eigenvalue weighted by Gasteiger charge is -2.31. The molecule has 7 heteroatoms.